The number of nitrogens with one attached hydrogen (secondary N) is 1. The normalized spacial score (nSPS) is 10.0. The van der Waals surface area contributed by atoms with Gasteiger partial charge in [-0.05, 0) is 31.2 Å². The molecule has 1 aromatic rings. The number of rotatable bonds is 7. The van der Waals surface area contributed by atoms with Crippen molar-refractivity contribution in [2.24, 2.45) is 0 Å². The zero-order valence-electron chi connectivity index (χ0n) is 12.8. The van der Waals surface area contributed by atoms with Gasteiger partial charge in [0.05, 0.1) is 25.4 Å². The van der Waals surface area contributed by atoms with Gasteiger partial charge < -0.3 is 25.2 Å². The topological polar surface area (TPSA) is 116 Å². The molecule has 0 radical (unpaired) electrons. The number of aliphatic hydroxyl groups excluding tert-OH is 2. The fourth-order valence-corrected chi connectivity index (χ4v) is 1.79. The van der Waals surface area contributed by atoms with Gasteiger partial charge in [-0.25, -0.2) is 4.79 Å². The summed E-state index contributed by atoms with van der Waals surface area (Å²) in [4.78, 5) is 36.3. The Labute approximate surface area is 133 Å². The number of carbonyl (C=O) groups excluding carboxylic acids is 3. The molecule has 0 aliphatic carbocycles. The van der Waals surface area contributed by atoms with Crippen LogP contribution < -0.4 is 5.32 Å². The van der Waals surface area contributed by atoms with Gasteiger partial charge in [-0.3, -0.25) is 9.59 Å². The SMILES string of the molecule is CCOC(=O)c1ccc(NC(=O)C(=O)N(CCO)CCO)cc1. The number of hydrogen-bond donors (Lipinski definition) is 3. The molecule has 8 heteroatoms. The molecule has 0 fully saturated rings. The Morgan fingerprint density at radius 3 is 2.13 bits per heavy atom. The van der Waals surface area contributed by atoms with Crippen molar-refractivity contribution in [3.63, 3.8) is 0 Å². The molecule has 0 unspecified atom stereocenters. The lowest BCUT2D eigenvalue weighted by Gasteiger charge is -2.19. The molecular formula is C15H20N2O6. The molecule has 3 N–H and O–H groups in total. The Balaban J connectivity index is 2.69. The molecule has 0 heterocycles. The van der Waals surface area contributed by atoms with E-state index in [0.29, 0.717) is 11.3 Å². The maximum absolute atomic E-state index is 11.9. The second-order valence-corrected chi connectivity index (χ2v) is 4.49. The minimum absolute atomic E-state index is 0.0470. The van der Waals surface area contributed by atoms with E-state index in [2.05, 4.69) is 5.32 Å². The standard InChI is InChI=1S/C15H20N2O6/c1-2-23-15(22)11-3-5-12(6-4-11)16-13(20)14(21)17(7-9-18)8-10-19/h3-6,18-19H,2,7-10H2,1H3,(H,16,20). The van der Waals surface area contributed by atoms with E-state index < -0.39 is 17.8 Å². The van der Waals surface area contributed by atoms with Crippen molar-refractivity contribution in [1.82, 2.24) is 4.90 Å². The van der Waals surface area contributed by atoms with E-state index in [9.17, 15) is 14.4 Å². The highest BCUT2D eigenvalue weighted by Gasteiger charge is 2.21. The highest BCUT2D eigenvalue weighted by molar-refractivity contribution is 6.39. The summed E-state index contributed by atoms with van der Waals surface area (Å²) in [7, 11) is 0. The lowest BCUT2D eigenvalue weighted by atomic mass is 10.2. The van der Waals surface area contributed by atoms with Gasteiger partial charge in [0, 0.05) is 18.8 Å². The van der Waals surface area contributed by atoms with Crippen LogP contribution in [0.4, 0.5) is 5.69 Å². The number of carbonyl (C=O) groups is 3. The zero-order valence-corrected chi connectivity index (χ0v) is 12.8. The van der Waals surface area contributed by atoms with Crippen LogP contribution in [0.3, 0.4) is 0 Å². The van der Waals surface area contributed by atoms with E-state index >= 15 is 0 Å². The first kappa shape index (κ1) is 18.6. The second kappa shape index (κ2) is 9.54. The van der Waals surface area contributed by atoms with Crippen molar-refractivity contribution >= 4 is 23.5 Å². The summed E-state index contributed by atoms with van der Waals surface area (Å²) < 4.78 is 4.84. The van der Waals surface area contributed by atoms with E-state index in [1.165, 1.54) is 24.3 Å². The molecule has 0 saturated carbocycles. The van der Waals surface area contributed by atoms with Gasteiger partial charge in [0.25, 0.3) is 0 Å². The number of aliphatic hydroxyl groups is 2. The average molecular weight is 324 g/mol. The van der Waals surface area contributed by atoms with Crippen molar-refractivity contribution in [2.75, 3.05) is 38.2 Å². The van der Waals surface area contributed by atoms with Gasteiger partial charge in [-0.1, -0.05) is 0 Å². The van der Waals surface area contributed by atoms with E-state index in [4.69, 9.17) is 14.9 Å². The minimum Gasteiger partial charge on any atom is -0.462 e. The molecule has 126 valence electrons. The van der Waals surface area contributed by atoms with Crippen LogP contribution in [0.2, 0.25) is 0 Å². The van der Waals surface area contributed by atoms with Crippen LogP contribution in [0.1, 0.15) is 17.3 Å². The number of amides is 2. The third-order valence-electron chi connectivity index (χ3n) is 2.88. The maximum atomic E-state index is 11.9. The Bertz CT molecular complexity index is 537. The van der Waals surface area contributed by atoms with E-state index in [1.54, 1.807) is 6.92 Å². The first-order chi connectivity index (χ1) is 11.0. The van der Waals surface area contributed by atoms with Gasteiger partial charge in [0.15, 0.2) is 0 Å². The Morgan fingerprint density at radius 1 is 1.09 bits per heavy atom. The number of esters is 1. The van der Waals surface area contributed by atoms with Gasteiger partial charge >= 0.3 is 17.8 Å². The summed E-state index contributed by atoms with van der Waals surface area (Å²) in [6.07, 6.45) is 0. The van der Waals surface area contributed by atoms with Crippen LogP contribution >= 0.6 is 0 Å². The number of anilines is 1. The summed E-state index contributed by atoms with van der Waals surface area (Å²) in [6, 6.07) is 5.88. The highest BCUT2D eigenvalue weighted by atomic mass is 16.5. The first-order valence-corrected chi connectivity index (χ1v) is 7.12. The number of hydrogen-bond acceptors (Lipinski definition) is 6. The predicted octanol–water partition coefficient (Wildman–Crippen LogP) is -0.385. The quantitative estimate of drug-likeness (QED) is 0.465. The summed E-state index contributed by atoms with van der Waals surface area (Å²) in [5.74, 6) is -2.23. The van der Waals surface area contributed by atoms with Crippen molar-refractivity contribution < 1.29 is 29.3 Å². The third kappa shape index (κ3) is 5.68. The van der Waals surface area contributed by atoms with Crippen molar-refractivity contribution in [3.8, 4) is 0 Å². The lowest BCUT2D eigenvalue weighted by molar-refractivity contribution is -0.143. The maximum Gasteiger partial charge on any atom is 0.338 e. The molecule has 0 spiro atoms. The van der Waals surface area contributed by atoms with Crippen LogP contribution in [-0.2, 0) is 14.3 Å². The summed E-state index contributed by atoms with van der Waals surface area (Å²) in [6.45, 7) is 1.24. The van der Waals surface area contributed by atoms with Gasteiger partial charge in [-0.15, -0.1) is 0 Å². The average Bonchev–Trinajstić information content (AvgIpc) is 2.54. The minimum atomic E-state index is -0.893. The van der Waals surface area contributed by atoms with Crippen LogP contribution in [-0.4, -0.2) is 65.8 Å². The first-order valence-electron chi connectivity index (χ1n) is 7.12. The second-order valence-electron chi connectivity index (χ2n) is 4.49. The predicted molar refractivity (Wildman–Crippen MR) is 81.8 cm³/mol. The fourth-order valence-electron chi connectivity index (χ4n) is 1.79. The zero-order chi connectivity index (χ0) is 17.2. The largest absolute Gasteiger partial charge is 0.462 e. The fraction of sp³-hybridized carbons (Fsp3) is 0.400. The molecular weight excluding hydrogens is 304 g/mol. The molecule has 2 amide bonds. The van der Waals surface area contributed by atoms with Crippen LogP contribution in [0.5, 0.6) is 0 Å². The highest BCUT2D eigenvalue weighted by Crippen LogP contribution is 2.11. The molecule has 1 aromatic carbocycles. The Hall–Kier alpha value is -2.45. The molecule has 0 aliphatic rings. The van der Waals surface area contributed by atoms with Crippen LogP contribution in [0.15, 0.2) is 24.3 Å². The van der Waals surface area contributed by atoms with Crippen LogP contribution in [0.25, 0.3) is 0 Å². The van der Waals surface area contributed by atoms with Crippen molar-refractivity contribution in [3.05, 3.63) is 29.8 Å². The number of nitrogens with zero attached hydrogens (tertiary/aromatic N) is 1. The molecule has 1 rings (SSSR count). The molecule has 0 aliphatic heterocycles. The third-order valence-corrected chi connectivity index (χ3v) is 2.88. The molecule has 23 heavy (non-hydrogen) atoms. The van der Waals surface area contributed by atoms with Gasteiger partial charge in [0.1, 0.15) is 0 Å². The van der Waals surface area contributed by atoms with E-state index in [1.807, 2.05) is 0 Å². The van der Waals surface area contributed by atoms with Crippen molar-refractivity contribution in [2.45, 2.75) is 6.92 Å². The number of benzene rings is 1. The number of ether oxygens (including phenoxy) is 1. The Morgan fingerprint density at radius 2 is 1.65 bits per heavy atom. The summed E-state index contributed by atoms with van der Waals surface area (Å²) >= 11 is 0. The summed E-state index contributed by atoms with van der Waals surface area (Å²) in [5, 5.41) is 20.1. The monoisotopic (exact) mass is 324 g/mol. The van der Waals surface area contributed by atoms with E-state index in [0.717, 1.165) is 4.90 Å². The van der Waals surface area contributed by atoms with Gasteiger partial charge in [-0.2, -0.15) is 0 Å². The smallest absolute Gasteiger partial charge is 0.338 e. The van der Waals surface area contributed by atoms with Gasteiger partial charge in [0.2, 0.25) is 0 Å². The molecule has 0 aromatic heterocycles. The van der Waals surface area contributed by atoms with Crippen LogP contribution in [0, 0.1) is 0 Å². The molecule has 8 nitrogen and oxygen atoms in total. The van der Waals surface area contributed by atoms with E-state index in [-0.39, 0.29) is 32.9 Å². The molecule has 0 atom stereocenters. The molecule has 0 saturated heterocycles. The Kier molecular flexibility index (Phi) is 7.72. The molecule has 0 bridgehead atoms. The summed E-state index contributed by atoms with van der Waals surface area (Å²) in [5.41, 5.74) is 0.669. The van der Waals surface area contributed by atoms with Crippen molar-refractivity contribution in [1.29, 1.82) is 0 Å². The lowest BCUT2D eigenvalue weighted by Crippen LogP contribution is -2.42.